The summed E-state index contributed by atoms with van der Waals surface area (Å²) in [6.07, 6.45) is 6.98. The van der Waals surface area contributed by atoms with Gasteiger partial charge in [-0.25, -0.2) is 13.1 Å². The number of benzene rings is 1. The molecule has 1 amide bonds. The van der Waals surface area contributed by atoms with Gasteiger partial charge in [0.25, 0.3) is 0 Å². The number of sulfonamides is 1. The van der Waals surface area contributed by atoms with Gasteiger partial charge in [0, 0.05) is 23.5 Å². The maximum atomic E-state index is 12.1. The van der Waals surface area contributed by atoms with Crippen molar-refractivity contribution in [1.29, 1.82) is 0 Å². The molecular weight excluding hydrogens is 380 g/mol. The lowest BCUT2D eigenvalue weighted by Gasteiger charge is -2.16. The van der Waals surface area contributed by atoms with Gasteiger partial charge in [-0.15, -0.1) is 0 Å². The third-order valence-corrected chi connectivity index (χ3v) is 5.92. The Morgan fingerprint density at radius 1 is 1.17 bits per heavy atom. The standard InChI is InChI=1S/C16H23BrN2O3S/c17-13-6-5-9-15(12-13)23(21,22)18-11-10-16(20)19-14-7-3-1-2-4-8-14/h5-6,9,12,14,18H,1-4,7-8,10-11H2,(H,19,20). The number of halogens is 1. The molecule has 0 spiro atoms. The van der Waals surface area contributed by atoms with Crippen LogP contribution >= 0.6 is 15.9 Å². The second-order valence-electron chi connectivity index (χ2n) is 5.86. The molecule has 1 aliphatic carbocycles. The topological polar surface area (TPSA) is 75.3 Å². The third-order valence-electron chi connectivity index (χ3n) is 3.97. The van der Waals surface area contributed by atoms with Crippen LogP contribution in [0.25, 0.3) is 0 Å². The summed E-state index contributed by atoms with van der Waals surface area (Å²) < 4.78 is 27.4. The van der Waals surface area contributed by atoms with Gasteiger partial charge in [-0.1, -0.05) is 47.7 Å². The number of hydrogen-bond acceptors (Lipinski definition) is 3. The van der Waals surface area contributed by atoms with Crippen molar-refractivity contribution in [3.63, 3.8) is 0 Å². The number of rotatable bonds is 6. The predicted octanol–water partition coefficient (Wildman–Crippen LogP) is 2.96. The highest BCUT2D eigenvalue weighted by Crippen LogP contribution is 2.17. The highest BCUT2D eigenvalue weighted by molar-refractivity contribution is 9.10. The zero-order chi connectivity index (χ0) is 16.7. The number of amides is 1. The Bertz CT molecular complexity index is 626. The minimum Gasteiger partial charge on any atom is -0.353 e. The van der Waals surface area contributed by atoms with Crippen LogP contribution in [0, 0.1) is 0 Å². The van der Waals surface area contributed by atoms with Crippen molar-refractivity contribution < 1.29 is 13.2 Å². The Morgan fingerprint density at radius 3 is 2.52 bits per heavy atom. The van der Waals surface area contributed by atoms with Crippen molar-refractivity contribution in [2.75, 3.05) is 6.54 Å². The molecule has 0 unspecified atom stereocenters. The van der Waals surface area contributed by atoms with Gasteiger partial charge in [-0.2, -0.15) is 0 Å². The number of nitrogens with one attached hydrogen (secondary N) is 2. The van der Waals surface area contributed by atoms with Gasteiger partial charge >= 0.3 is 0 Å². The van der Waals surface area contributed by atoms with Gasteiger partial charge in [0.05, 0.1) is 4.90 Å². The second kappa shape index (κ2) is 8.80. The van der Waals surface area contributed by atoms with Crippen LogP contribution in [0.15, 0.2) is 33.6 Å². The van der Waals surface area contributed by atoms with Gasteiger partial charge in [0.1, 0.15) is 0 Å². The van der Waals surface area contributed by atoms with Crippen molar-refractivity contribution in [3.8, 4) is 0 Å². The fourth-order valence-electron chi connectivity index (χ4n) is 2.74. The average Bonchev–Trinajstić information content (AvgIpc) is 2.75. The van der Waals surface area contributed by atoms with Gasteiger partial charge in [0.2, 0.25) is 15.9 Å². The van der Waals surface area contributed by atoms with Crippen molar-refractivity contribution >= 4 is 31.9 Å². The third kappa shape index (κ3) is 6.24. The van der Waals surface area contributed by atoms with Crippen LogP contribution in [0.5, 0.6) is 0 Å². The first-order chi connectivity index (χ1) is 11.0. The normalized spacial score (nSPS) is 16.7. The monoisotopic (exact) mass is 402 g/mol. The summed E-state index contributed by atoms with van der Waals surface area (Å²) >= 11 is 3.25. The Hall–Kier alpha value is -0.920. The van der Waals surface area contributed by atoms with E-state index >= 15 is 0 Å². The maximum Gasteiger partial charge on any atom is 0.240 e. The van der Waals surface area contributed by atoms with E-state index < -0.39 is 10.0 Å². The van der Waals surface area contributed by atoms with E-state index in [9.17, 15) is 13.2 Å². The molecule has 0 bridgehead atoms. The van der Waals surface area contributed by atoms with Crippen LogP contribution in [0.2, 0.25) is 0 Å². The van der Waals surface area contributed by atoms with Gasteiger partial charge < -0.3 is 5.32 Å². The molecule has 1 aromatic carbocycles. The molecule has 5 nitrogen and oxygen atoms in total. The molecule has 1 aliphatic rings. The summed E-state index contributed by atoms with van der Waals surface area (Å²) in [5.41, 5.74) is 0. The highest BCUT2D eigenvalue weighted by Gasteiger charge is 2.17. The summed E-state index contributed by atoms with van der Waals surface area (Å²) in [6.45, 7) is 0.105. The molecule has 0 heterocycles. The van der Waals surface area contributed by atoms with E-state index in [1.54, 1.807) is 12.1 Å². The van der Waals surface area contributed by atoms with Crippen LogP contribution in [-0.2, 0) is 14.8 Å². The summed E-state index contributed by atoms with van der Waals surface area (Å²) in [5, 5.41) is 3.01. The van der Waals surface area contributed by atoms with E-state index in [0.717, 1.165) is 25.7 Å². The Balaban J connectivity index is 1.78. The van der Waals surface area contributed by atoms with Gasteiger partial charge in [0.15, 0.2) is 0 Å². The predicted molar refractivity (Wildman–Crippen MR) is 93.6 cm³/mol. The summed E-state index contributed by atoms with van der Waals surface area (Å²) in [7, 11) is -3.58. The Labute approximate surface area is 146 Å². The molecule has 128 valence electrons. The summed E-state index contributed by atoms with van der Waals surface area (Å²) in [6, 6.07) is 6.73. The van der Waals surface area contributed by atoms with Crippen LogP contribution in [0.4, 0.5) is 0 Å². The smallest absolute Gasteiger partial charge is 0.240 e. The first-order valence-corrected chi connectivity index (χ1v) is 10.3. The van der Waals surface area contributed by atoms with Crippen LogP contribution in [-0.4, -0.2) is 26.9 Å². The lowest BCUT2D eigenvalue weighted by atomic mass is 10.1. The molecule has 1 fully saturated rings. The highest BCUT2D eigenvalue weighted by atomic mass is 79.9. The number of carbonyl (C=O) groups excluding carboxylic acids is 1. The zero-order valence-electron chi connectivity index (χ0n) is 13.1. The molecule has 0 radical (unpaired) electrons. The largest absolute Gasteiger partial charge is 0.353 e. The fraction of sp³-hybridized carbons (Fsp3) is 0.562. The molecule has 0 aromatic heterocycles. The zero-order valence-corrected chi connectivity index (χ0v) is 15.5. The average molecular weight is 403 g/mol. The maximum absolute atomic E-state index is 12.1. The van der Waals surface area contributed by atoms with E-state index in [0.29, 0.717) is 4.47 Å². The minimum absolute atomic E-state index is 0.0890. The lowest BCUT2D eigenvalue weighted by Crippen LogP contribution is -2.36. The molecule has 2 N–H and O–H groups in total. The Kier molecular flexibility index (Phi) is 7.05. The van der Waals surface area contributed by atoms with Crippen LogP contribution in [0.3, 0.4) is 0 Å². The fourth-order valence-corrected chi connectivity index (χ4v) is 4.37. The molecular formula is C16H23BrN2O3S. The molecule has 23 heavy (non-hydrogen) atoms. The van der Waals surface area contributed by atoms with Gasteiger partial charge in [-0.05, 0) is 31.0 Å². The SMILES string of the molecule is O=C(CCNS(=O)(=O)c1cccc(Br)c1)NC1CCCCCC1. The molecule has 2 rings (SSSR count). The van der Waals surface area contributed by atoms with E-state index in [1.807, 2.05) is 0 Å². The summed E-state index contributed by atoms with van der Waals surface area (Å²) in [4.78, 5) is 12.1. The lowest BCUT2D eigenvalue weighted by molar-refractivity contribution is -0.121. The van der Waals surface area contributed by atoms with Crippen molar-refractivity contribution in [2.45, 2.75) is 55.9 Å². The van der Waals surface area contributed by atoms with E-state index in [-0.39, 0.29) is 29.8 Å². The molecule has 1 saturated carbocycles. The molecule has 1 aromatic rings. The van der Waals surface area contributed by atoms with E-state index in [1.165, 1.54) is 25.0 Å². The Morgan fingerprint density at radius 2 is 1.87 bits per heavy atom. The van der Waals surface area contributed by atoms with Crippen LogP contribution in [0.1, 0.15) is 44.9 Å². The van der Waals surface area contributed by atoms with E-state index in [4.69, 9.17) is 0 Å². The first kappa shape index (κ1) is 18.4. The van der Waals surface area contributed by atoms with Crippen LogP contribution < -0.4 is 10.0 Å². The summed E-state index contributed by atoms with van der Waals surface area (Å²) in [5.74, 6) is -0.0890. The molecule has 0 atom stereocenters. The first-order valence-electron chi connectivity index (χ1n) is 8.02. The quantitative estimate of drug-likeness (QED) is 0.718. The minimum atomic E-state index is -3.58. The molecule has 7 heteroatoms. The number of carbonyl (C=O) groups is 1. The van der Waals surface area contributed by atoms with Crippen molar-refractivity contribution in [3.05, 3.63) is 28.7 Å². The van der Waals surface area contributed by atoms with Gasteiger partial charge in [-0.3, -0.25) is 4.79 Å². The van der Waals surface area contributed by atoms with E-state index in [2.05, 4.69) is 26.0 Å². The molecule has 0 aliphatic heterocycles. The van der Waals surface area contributed by atoms with Crippen molar-refractivity contribution in [1.82, 2.24) is 10.0 Å². The van der Waals surface area contributed by atoms with Crippen molar-refractivity contribution in [2.24, 2.45) is 0 Å². The second-order valence-corrected chi connectivity index (χ2v) is 8.54. The number of hydrogen-bond donors (Lipinski definition) is 2. The molecule has 0 saturated heterocycles.